The molecule has 0 aromatic heterocycles. The quantitative estimate of drug-likeness (QED) is 0.777. The van der Waals surface area contributed by atoms with Crippen LogP contribution >= 0.6 is 12.2 Å². The number of amides is 1. The minimum atomic E-state index is -3.94. The van der Waals surface area contributed by atoms with Gasteiger partial charge in [0.2, 0.25) is 15.9 Å². The number of benzene rings is 1. The third kappa shape index (κ3) is 3.96. The lowest BCUT2D eigenvalue weighted by molar-refractivity contribution is -0.128. The number of halogens is 1. The number of carbonyl (C=O) groups is 1. The van der Waals surface area contributed by atoms with Crippen LogP contribution in [0.1, 0.15) is 5.56 Å². The number of nitrogens with two attached hydrogens (primary N) is 1. The molecule has 2 N–H and O–H groups in total. The number of thiocarbonyl (C=S) groups is 1. The van der Waals surface area contributed by atoms with E-state index in [0.717, 1.165) is 22.5 Å². The molecule has 1 amide bonds. The first-order valence-corrected chi connectivity index (χ1v) is 7.68. The molecule has 0 saturated carbocycles. The molecule has 21 heavy (non-hydrogen) atoms. The lowest BCUT2D eigenvalue weighted by Gasteiger charge is -2.19. The Bertz CT molecular complexity index is 674. The molecule has 0 aliphatic carbocycles. The molecule has 0 unspecified atom stereocenters. The average molecular weight is 333 g/mol. The van der Waals surface area contributed by atoms with E-state index in [0.29, 0.717) is 0 Å². The molecule has 9 heteroatoms. The van der Waals surface area contributed by atoms with Crippen LogP contribution in [0.5, 0.6) is 0 Å². The molecule has 116 valence electrons. The Balaban J connectivity index is 3.16. The summed E-state index contributed by atoms with van der Waals surface area (Å²) < 4.78 is 39.0. The highest BCUT2D eigenvalue weighted by molar-refractivity contribution is 7.89. The Morgan fingerprint density at radius 2 is 1.90 bits per heavy atom. The maximum atomic E-state index is 13.5. The van der Waals surface area contributed by atoms with Gasteiger partial charge in [-0.05, 0) is 18.2 Å². The van der Waals surface area contributed by atoms with Crippen molar-refractivity contribution in [2.75, 3.05) is 27.7 Å². The van der Waals surface area contributed by atoms with Crippen LogP contribution < -0.4 is 5.73 Å². The van der Waals surface area contributed by atoms with Gasteiger partial charge in [-0.3, -0.25) is 4.79 Å². The number of hydrogen-bond acceptors (Lipinski definition) is 4. The zero-order chi connectivity index (χ0) is 16.4. The van der Waals surface area contributed by atoms with Gasteiger partial charge in [-0.25, -0.2) is 12.8 Å². The summed E-state index contributed by atoms with van der Waals surface area (Å²) in [5.74, 6) is -1.08. The van der Waals surface area contributed by atoms with Gasteiger partial charge in [0.15, 0.2) is 0 Å². The molecule has 0 spiro atoms. The van der Waals surface area contributed by atoms with Crippen LogP contribution in [0.4, 0.5) is 4.39 Å². The van der Waals surface area contributed by atoms with Gasteiger partial charge in [0.05, 0.1) is 11.4 Å². The second-order valence-corrected chi connectivity index (χ2v) is 7.04. The van der Waals surface area contributed by atoms with Gasteiger partial charge >= 0.3 is 0 Å². The predicted octanol–water partition coefficient (Wildman–Crippen LogP) is 0.169. The van der Waals surface area contributed by atoms with Gasteiger partial charge in [0.1, 0.15) is 10.8 Å². The van der Waals surface area contributed by atoms with Crippen LogP contribution in [0.25, 0.3) is 0 Å². The second-order valence-electron chi connectivity index (χ2n) is 4.56. The Labute approximate surface area is 128 Å². The predicted molar refractivity (Wildman–Crippen MR) is 80.8 cm³/mol. The van der Waals surface area contributed by atoms with Crippen molar-refractivity contribution in [3.63, 3.8) is 0 Å². The molecule has 1 aromatic carbocycles. The fraction of sp³-hybridized carbons (Fsp3) is 0.333. The minimum absolute atomic E-state index is 0.154. The topological polar surface area (TPSA) is 83.7 Å². The van der Waals surface area contributed by atoms with Crippen molar-refractivity contribution >= 4 is 33.1 Å². The molecule has 0 heterocycles. The average Bonchev–Trinajstić information content (AvgIpc) is 2.38. The number of likely N-dealkylation sites (N-methyl/N-ethyl adjacent to an activating group) is 2. The largest absolute Gasteiger partial charge is 0.389 e. The van der Waals surface area contributed by atoms with Crippen LogP contribution in [0.15, 0.2) is 23.1 Å². The van der Waals surface area contributed by atoms with Crippen LogP contribution in [-0.4, -0.2) is 56.2 Å². The minimum Gasteiger partial charge on any atom is -0.389 e. The summed E-state index contributed by atoms with van der Waals surface area (Å²) >= 11 is 4.67. The van der Waals surface area contributed by atoms with E-state index >= 15 is 0 Å². The highest BCUT2D eigenvalue weighted by Crippen LogP contribution is 2.18. The highest BCUT2D eigenvalue weighted by atomic mass is 32.2. The molecule has 6 nitrogen and oxygen atoms in total. The molecule has 0 atom stereocenters. The number of hydrogen-bond donors (Lipinski definition) is 1. The molecule has 0 aliphatic heterocycles. The van der Waals surface area contributed by atoms with Gasteiger partial charge in [-0.15, -0.1) is 0 Å². The molecule has 1 aromatic rings. The molecule has 1 rings (SSSR count). The summed E-state index contributed by atoms with van der Waals surface area (Å²) in [5, 5.41) is 0. The Morgan fingerprint density at radius 1 is 1.33 bits per heavy atom. The van der Waals surface area contributed by atoms with E-state index in [9.17, 15) is 17.6 Å². The Morgan fingerprint density at radius 3 is 2.38 bits per heavy atom. The first-order valence-electron chi connectivity index (χ1n) is 5.83. The van der Waals surface area contributed by atoms with Gasteiger partial charge < -0.3 is 10.6 Å². The fourth-order valence-corrected chi connectivity index (χ4v) is 2.75. The second kappa shape index (κ2) is 6.46. The van der Waals surface area contributed by atoms with Crippen molar-refractivity contribution in [3.05, 3.63) is 29.6 Å². The van der Waals surface area contributed by atoms with E-state index < -0.39 is 15.8 Å². The fourth-order valence-electron chi connectivity index (χ4n) is 1.45. The van der Waals surface area contributed by atoms with Crippen molar-refractivity contribution in [3.8, 4) is 0 Å². The van der Waals surface area contributed by atoms with Crippen molar-refractivity contribution in [1.82, 2.24) is 9.21 Å². The van der Waals surface area contributed by atoms with E-state index in [1.165, 1.54) is 26.0 Å². The number of rotatable bonds is 5. The summed E-state index contributed by atoms with van der Waals surface area (Å²) in [4.78, 5) is 12.4. The zero-order valence-electron chi connectivity index (χ0n) is 11.8. The van der Waals surface area contributed by atoms with Crippen LogP contribution in [-0.2, 0) is 14.8 Å². The molecule has 0 saturated heterocycles. The van der Waals surface area contributed by atoms with Gasteiger partial charge in [0, 0.05) is 26.7 Å². The molecular formula is C12H16FN3O3S2. The van der Waals surface area contributed by atoms with E-state index in [-0.39, 0.29) is 27.9 Å². The summed E-state index contributed by atoms with van der Waals surface area (Å²) in [6.07, 6.45) is 0. The molecule has 0 fully saturated rings. The summed E-state index contributed by atoms with van der Waals surface area (Å²) in [6, 6.07) is 3.13. The molecular weight excluding hydrogens is 317 g/mol. The Hall–Kier alpha value is -1.58. The van der Waals surface area contributed by atoms with Crippen molar-refractivity contribution < 1.29 is 17.6 Å². The summed E-state index contributed by atoms with van der Waals surface area (Å²) in [5.41, 5.74) is 5.19. The maximum absolute atomic E-state index is 13.5. The lowest BCUT2D eigenvalue weighted by Crippen LogP contribution is -2.37. The third-order valence-corrected chi connectivity index (χ3v) is 4.79. The highest BCUT2D eigenvalue weighted by Gasteiger charge is 2.24. The van der Waals surface area contributed by atoms with E-state index in [1.54, 1.807) is 0 Å². The smallest absolute Gasteiger partial charge is 0.243 e. The van der Waals surface area contributed by atoms with E-state index in [2.05, 4.69) is 12.2 Å². The number of nitrogens with zero attached hydrogens (tertiary/aromatic N) is 2. The standard InChI is InChI=1S/C12H16FN3O3S2/c1-15(2)11(17)7-16(3)21(18,19)8-4-5-10(13)9(6-8)12(14)20/h4-6H,7H2,1-3H3,(H2,14,20). The Kier molecular flexibility index (Phi) is 5.37. The first kappa shape index (κ1) is 17.5. The molecule has 0 aliphatic rings. The SMILES string of the molecule is CN(C)C(=O)CN(C)S(=O)(=O)c1ccc(F)c(C(N)=S)c1. The summed E-state index contributed by atoms with van der Waals surface area (Å²) in [7, 11) is 0.367. The van der Waals surface area contributed by atoms with Gasteiger partial charge in [-0.1, -0.05) is 12.2 Å². The molecule has 0 radical (unpaired) electrons. The van der Waals surface area contributed by atoms with Crippen LogP contribution in [0, 0.1) is 5.82 Å². The van der Waals surface area contributed by atoms with Crippen LogP contribution in [0.2, 0.25) is 0 Å². The van der Waals surface area contributed by atoms with Crippen LogP contribution in [0.3, 0.4) is 0 Å². The first-order chi connectivity index (χ1) is 9.57. The van der Waals surface area contributed by atoms with E-state index in [4.69, 9.17) is 5.73 Å². The van der Waals surface area contributed by atoms with Crippen molar-refractivity contribution in [1.29, 1.82) is 0 Å². The normalized spacial score (nSPS) is 11.5. The summed E-state index contributed by atoms with van der Waals surface area (Å²) in [6.45, 7) is -0.324. The number of carbonyl (C=O) groups excluding carboxylic acids is 1. The molecule has 0 bridgehead atoms. The van der Waals surface area contributed by atoms with Gasteiger partial charge in [-0.2, -0.15) is 4.31 Å². The van der Waals surface area contributed by atoms with E-state index in [1.807, 2.05) is 0 Å². The third-order valence-electron chi connectivity index (χ3n) is 2.77. The number of sulfonamides is 1. The lowest BCUT2D eigenvalue weighted by atomic mass is 10.2. The maximum Gasteiger partial charge on any atom is 0.243 e. The monoisotopic (exact) mass is 333 g/mol. The van der Waals surface area contributed by atoms with Crippen molar-refractivity contribution in [2.24, 2.45) is 5.73 Å². The van der Waals surface area contributed by atoms with Gasteiger partial charge in [0.25, 0.3) is 0 Å². The zero-order valence-corrected chi connectivity index (χ0v) is 13.5. The van der Waals surface area contributed by atoms with Crippen molar-refractivity contribution in [2.45, 2.75) is 4.90 Å².